The van der Waals surface area contributed by atoms with Crippen LogP contribution in [-0.4, -0.2) is 20.3 Å². The Morgan fingerprint density at radius 3 is 2.79 bits per heavy atom. The Labute approximate surface area is 92.3 Å². The Morgan fingerprint density at radius 2 is 2.21 bits per heavy atom. The highest BCUT2D eigenvalue weighted by Crippen LogP contribution is 2.25. The summed E-state index contributed by atoms with van der Waals surface area (Å²) in [6.07, 6.45) is 5.26. The Morgan fingerprint density at radius 1 is 1.43 bits per heavy atom. The van der Waals surface area contributed by atoms with Gasteiger partial charge in [0.15, 0.2) is 0 Å². The molecule has 1 rings (SSSR count). The minimum absolute atomic E-state index is 0.532. The average Bonchev–Trinajstić information content (AvgIpc) is 2.20. The molecule has 0 saturated carbocycles. The van der Waals surface area contributed by atoms with E-state index in [9.17, 15) is 0 Å². The van der Waals surface area contributed by atoms with Gasteiger partial charge in [-0.2, -0.15) is 0 Å². The zero-order valence-corrected chi connectivity index (χ0v) is 9.50. The molecule has 2 nitrogen and oxygen atoms in total. The van der Waals surface area contributed by atoms with E-state index < -0.39 is 0 Å². The summed E-state index contributed by atoms with van der Waals surface area (Å²) in [5.74, 6) is 3.33. The van der Waals surface area contributed by atoms with E-state index in [4.69, 9.17) is 15.9 Å². The Balaban J connectivity index is 2.65. The van der Waals surface area contributed by atoms with Crippen molar-refractivity contribution in [1.82, 2.24) is 0 Å². The third-order valence-electron chi connectivity index (χ3n) is 1.64. The summed E-state index contributed by atoms with van der Waals surface area (Å²) < 4.78 is 11.2. The number of rotatable bonds is 4. The number of hydrogen-bond acceptors (Lipinski definition) is 2. The molecule has 3 heteroatoms. The number of benzene rings is 1. The second-order valence-corrected chi connectivity index (χ2v) is 3.49. The van der Waals surface area contributed by atoms with Gasteiger partial charge in [0.05, 0.1) is 11.1 Å². The van der Waals surface area contributed by atoms with Gasteiger partial charge in [-0.25, -0.2) is 0 Å². The van der Waals surface area contributed by atoms with E-state index in [0.29, 0.717) is 13.2 Å². The molecule has 0 unspecified atom stereocenters. The van der Waals surface area contributed by atoms with Crippen molar-refractivity contribution < 1.29 is 9.47 Å². The fourth-order valence-electron chi connectivity index (χ4n) is 0.943. The highest BCUT2D eigenvalue weighted by Gasteiger charge is 2.00. The van der Waals surface area contributed by atoms with E-state index in [2.05, 4.69) is 21.9 Å². The van der Waals surface area contributed by atoms with E-state index in [0.717, 1.165) is 15.8 Å². The van der Waals surface area contributed by atoms with Crippen molar-refractivity contribution in [3.05, 3.63) is 28.2 Å². The highest BCUT2D eigenvalue weighted by molar-refractivity contribution is 9.10. The zero-order chi connectivity index (χ0) is 10.4. The lowest BCUT2D eigenvalue weighted by molar-refractivity contribution is 0.146. The Bertz CT molecular complexity index is 342. The monoisotopic (exact) mass is 254 g/mol. The van der Waals surface area contributed by atoms with Crippen LogP contribution in [0.1, 0.15) is 5.56 Å². The van der Waals surface area contributed by atoms with Crippen LogP contribution in [0.25, 0.3) is 0 Å². The molecule has 0 atom stereocenters. The molecule has 0 spiro atoms. The second-order valence-electron chi connectivity index (χ2n) is 2.63. The van der Waals surface area contributed by atoms with Crippen molar-refractivity contribution in [2.75, 3.05) is 20.3 Å². The lowest BCUT2D eigenvalue weighted by Gasteiger charge is -2.07. The summed E-state index contributed by atoms with van der Waals surface area (Å²) in [7, 11) is 1.64. The van der Waals surface area contributed by atoms with Crippen molar-refractivity contribution in [1.29, 1.82) is 0 Å². The smallest absolute Gasteiger partial charge is 0.133 e. The Kier molecular flexibility index (Phi) is 4.51. The molecule has 1 aromatic carbocycles. The predicted molar refractivity (Wildman–Crippen MR) is 59.4 cm³/mol. The molecule has 74 valence electrons. The van der Waals surface area contributed by atoms with E-state index in [-0.39, 0.29) is 0 Å². The van der Waals surface area contributed by atoms with Crippen molar-refractivity contribution in [3.63, 3.8) is 0 Å². The largest absolute Gasteiger partial charge is 0.490 e. The van der Waals surface area contributed by atoms with Gasteiger partial charge < -0.3 is 9.47 Å². The number of methoxy groups -OCH3 is 1. The summed E-state index contributed by atoms with van der Waals surface area (Å²) in [5.41, 5.74) is 0.830. The van der Waals surface area contributed by atoms with Gasteiger partial charge in [-0.3, -0.25) is 0 Å². The van der Waals surface area contributed by atoms with Crippen LogP contribution in [0.15, 0.2) is 22.7 Å². The molecular formula is C11H11BrO2. The average molecular weight is 255 g/mol. The molecule has 0 heterocycles. The third kappa shape index (κ3) is 3.06. The first-order valence-corrected chi connectivity index (χ1v) is 4.95. The fourth-order valence-corrected chi connectivity index (χ4v) is 1.44. The minimum atomic E-state index is 0.532. The third-order valence-corrected chi connectivity index (χ3v) is 2.26. The van der Waals surface area contributed by atoms with Gasteiger partial charge in [-0.15, -0.1) is 6.42 Å². The molecule has 14 heavy (non-hydrogen) atoms. The molecule has 0 saturated heterocycles. The molecule has 0 aromatic heterocycles. The van der Waals surface area contributed by atoms with Gasteiger partial charge in [0.1, 0.15) is 12.4 Å². The van der Waals surface area contributed by atoms with Crippen LogP contribution < -0.4 is 4.74 Å². The van der Waals surface area contributed by atoms with Crippen LogP contribution in [0.3, 0.4) is 0 Å². The Hall–Kier alpha value is -0.980. The first kappa shape index (κ1) is 11.1. The van der Waals surface area contributed by atoms with Crippen molar-refractivity contribution in [3.8, 4) is 18.1 Å². The molecule has 0 fully saturated rings. The van der Waals surface area contributed by atoms with Gasteiger partial charge in [-0.05, 0) is 34.1 Å². The topological polar surface area (TPSA) is 18.5 Å². The van der Waals surface area contributed by atoms with Crippen LogP contribution in [0, 0.1) is 12.3 Å². The van der Waals surface area contributed by atoms with Gasteiger partial charge >= 0.3 is 0 Å². The molecule has 0 bridgehead atoms. The van der Waals surface area contributed by atoms with Crippen LogP contribution in [-0.2, 0) is 4.74 Å². The first-order valence-electron chi connectivity index (χ1n) is 4.16. The predicted octanol–water partition coefficient (Wildman–Crippen LogP) is 2.46. The van der Waals surface area contributed by atoms with Crippen molar-refractivity contribution in [2.45, 2.75) is 0 Å². The number of halogens is 1. The standard InChI is InChI=1S/C11H11BrO2/c1-3-9-4-5-11(10(12)8-9)14-7-6-13-2/h1,4-5,8H,6-7H2,2H3. The molecular weight excluding hydrogens is 244 g/mol. The maximum Gasteiger partial charge on any atom is 0.133 e. The second kappa shape index (κ2) is 5.69. The maximum absolute atomic E-state index is 5.44. The van der Waals surface area contributed by atoms with Crippen molar-refractivity contribution in [2.24, 2.45) is 0 Å². The number of terminal acetylenes is 1. The van der Waals surface area contributed by atoms with E-state index in [1.807, 2.05) is 18.2 Å². The molecule has 0 N–H and O–H groups in total. The van der Waals surface area contributed by atoms with Gasteiger partial charge in [0.2, 0.25) is 0 Å². The minimum Gasteiger partial charge on any atom is -0.490 e. The molecule has 1 aromatic rings. The summed E-state index contributed by atoms with van der Waals surface area (Å²) in [4.78, 5) is 0. The van der Waals surface area contributed by atoms with Crippen LogP contribution in [0.5, 0.6) is 5.75 Å². The SMILES string of the molecule is C#Cc1ccc(OCCOC)c(Br)c1. The number of hydrogen-bond donors (Lipinski definition) is 0. The lowest BCUT2D eigenvalue weighted by Crippen LogP contribution is -2.04. The molecule has 0 aliphatic carbocycles. The van der Waals surface area contributed by atoms with E-state index >= 15 is 0 Å². The highest BCUT2D eigenvalue weighted by atomic mass is 79.9. The summed E-state index contributed by atoms with van der Waals surface area (Å²) >= 11 is 3.38. The summed E-state index contributed by atoms with van der Waals surface area (Å²) in [5, 5.41) is 0. The molecule has 0 aliphatic rings. The summed E-state index contributed by atoms with van der Waals surface area (Å²) in [6.45, 7) is 1.10. The van der Waals surface area contributed by atoms with Crippen LogP contribution in [0.4, 0.5) is 0 Å². The fraction of sp³-hybridized carbons (Fsp3) is 0.273. The van der Waals surface area contributed by atoms with Crippen LogP contribution >= 0.6 is 15.9 Å². The van der Waals surface area contributed by atoms with E-state index in [1.54, 1.807) is 7.11 Å². The lowest BCUT2D eigenvalue weighted by atomic mass is 10.2. The van der Waals surface area contributed by atoms with Gasteiger partial charge in [0, 0.05) is 12.7 Å². The van der Waals surface area contributed by atoms with Gasteiger partial charge in [0.25, 0.3) is 0 Å². The molecule has 0 radical (unpaired) electrons. The molecule has 0 aliphatic heterocycles. The molecule has 0 amide bonds. The maximum atomic E-state index is 5.44. The van der Waals surface area contributed by atoms with Crippen LogP contribution in [0.2, 0.25) is 0 Å². The normalized spacial score (nSPS) is 9.50. The van der Waals surface area contributed by atoms with Gasteiger partial charge in [-0.1, -0.05) is 5.92 Å². The number of ether oxygens (including phenoxy) is 2. The first-order chi connectivity index (χ1) is 6.77. The zero-order valence-electron chi connectivity index (χ0n) is 7.92. The van der Waals surface area contributed by atoms with E-state index in [1.165, 1.54) is 0 Å². The van der Waals surface area contributed by atoms with Crippen molar-refractivity contribution >= 4 is 15.9 Å². The summed E-state index contributed by atoms with van der Waals surface area (Å²) in [6, 6.07) is 5.53. The quantitative estimate of drug-likeness (QED) is 0.607.